The molecule has 1 heterocycles. The molecule has 0 spiro atoms. The van der Waals surface area contributed by atoms with Crippen LogP contribution in [0.4, 0.5) is 0 Å². The van der Waals surface area contributed by atoms with Crippen LogP contribution in [0.25, 0.3) is 11.1 Å². The second kappa shape index (κ2) is 3.49. The molecule has 4 heteroatoms. The topological polar surface area (TPSA) is 29.5 Å². The Hall–Kier alpha value is -1.02. The SMILES string of the molecule is O[PH]1(S)Oc2ccccc2-c2ccccc21. The standard InChI is InChI=1S/C12H11O2PS/c13-15(16)12-8-4-2-6-10(12)9-5-1-3-7-11(9)14-15/h1-8,13,15-16H. The summed E-state index contributed by atoms with van der Waals surface area (Å²) in [4.78, 5) is 10.3. The molecule has 3 rings (SSSR count). The third-order valence-electron chi connectivity index (χ3n) is 2.71. The van der Waals surface area contributed by atoms with Gasteiger partial charge in [0, 0.05) is 0 Å². The van der Waals surface area contributed by atoms with E-state index in [4.69, 9.17) is 4.52 Å². The van der Waals surface area contributed by atoms with Crippen LogP contribution in [0.2, 0.25) is 0 Å². The summed E-state index contributed by atoms with van der Waals surface area (Å²) in [5.74, 6) is 0.713. The van der Waals surface area contributed by atoms with E-state index in [0.29, 0.717) is 5.75 Å². The Balaban J connectivity index is 2.33. The van der Waals surface area contributed by atoms with Crippen molar-refractivity contribution in [3.63, 3.8) is 0 Å². The summed E-state index contributed by atoms with van der Waals surface area (Å²) in [5, 5.41) is 0.817. The predicted octanol–water partition coefficient (Wildman–Crippen LogP) is 2.79. The van der Waals surface area contributed by atoms with Crippen molar-refractivity contribution in [2.24, 2.45) is 0 Å². The van der Waals surface area contributed by atoms with E-state index in [9.17, 15) is 4.89 Å². The first-order valence-corrected chi connectivity index (χ1v) is 8.15. The fraction of sp³-hybridized carbons (Fsp3) is 0. The summed E-state index contributed by atoms with van der Waals surface area (Å²) < 4.78 is 5.60. The molecule has 0 saturated heterocycles. The van der Waals surface area contributed by atoms with E-state index in [-0.39, 0.29) is 0 Å². The van der Waals surface area contributed by atoms with Crippen molar-refractivity contribution in [3.8, 4) is 16.9 Å². The molecule has 1 N–H and O–H groups in total. The fourth-order valence-corrected chi connectivity index (χ4v) is 4.35. The van der Waals surface area contributed by atoms with Gasteiger partial charge in [-0.1, -0.05) is 0 Å². The molecule has 0 aromatic heterocycles. The Labute approximate surface area is 99.6 Å². The summed E-state index contributed by atoms with van der Waals surface area (Å²) in [6.07, 6.45) is 0. The normalized spacial score (nSPS) is 17.9. The molecule has 0 atom stereocenters. The first-order chi connectivity index (χ1) is 7.68. The van der Waals surface area contributed by atoms with E-state index in [1.54, 1.807) is 0 Å². The van der Waals surface area contributed by atoms with Gasteiger partial charge >= 0.3 is 99.3 Å². The molecule has 0 saturated carbocycles. The first-order valence-electron chi connectivity index (χ1n) is 5.01. The number of hydrogen-bond acceptors (Lipinski definition) is 3. The van der Waals surface area contributed by atoms with Crippen molar-refractivity contribution in [1.29, 1.82) is 0 Å². The van der Waals surface area contributed by atoms with E-state index < -0.39 is 6.92 Å². The summed E-state index contributed by atoms with van der Waals surface area (Å²) in [6.45, 7) is -3.07. The zero-order valence-electron chi connectivity index (χ0n) is 8.42. The number of benzene rings is 2. The number of fused-ring (bicyclic) bond motifs is 3. The van der Waals surface area contributed by atoms with Gasteiger partial charge in [-0.05, 0) is 0 Å². The Morgan fingerprint density at radius 2 is 1.56 bits per heavy atom. The molecule has 0 unspecified atom stereocenters. The van der Waals surface area contributed by atoms with E-state index in [1.807, 2.05) is 48.5 Å². The van der Waals surface area contributed by atoms with Gasteiger partial charge in [-0.15, -0.1) is 0 Å². The van der Waals surface area contributed by atoms with Crippen LogP contribution >= 0.6 is 19.2 Å². The summed E-state index contributed by atoms with van der Waals surface area (Å²) >= 11 is 4.29. The Morgan fingerprint density at radius 1 is 0.938 bits per heavy atom. The average molecular weight is 250 g/mol. The maximum absolute atomic E-state index is 10.3. The first kappa shape index (κ1) is 10.2. The molecule has 2 aromatic rings. The zero-order valence-corrected chi connectivity index (χ0v) is 10.3. The van der Waals surface area contributed by atoms with E-state index in [2.05, 4.69) is 12.2 Å². The van der Waals surface area contributed by atoms with Crippen molar-refractivity contribution in [2.45, 2.75) is 0 Å². The molecule has 2 nitrogen and oxygen atoms in total. The molecule has 0 aliphatic carbocycles. The maximum atomic E-state index is 10.3. The molecule has 0 amide bonds. The molecular formula is C12H11O2PS. The third kappa shape index (κ3) is 1.44. The Kier molecular flexibility index (Phi) is 2.21. The van der Waals surface area contributed by atoms with Gasteiger partial charge in [-0.25, -0.2) is 0 Å². The molecule has 0 radical (unpaired) electrons. The van der Waals surface area contributed by atoms with E-state index >= 15 is 0 Å². The van der Waals surface area contributed by atoms with Crippen LogP contribution < -0.4 is 9.83 Å². The average Bonchev–Trinajstić information content (AvgIpc) is 2.29. The number of thiol groups is 1. The second-order valence-electron chi connectivity index (χ2n) is 3.75. The van der Waals surface area contributed by atoms with E-state index in [1.165, 1.54) is 0 Å². The van der Waals surface area contributed by atoms with Crippen LogP contribution in [0.1, 0.15) is 0 Å². The van der Waals surface area contributed by atoms with Gasteiger partial charge in [0.05, 0.1) is 0 Å². The van der Waals surface area contributed by atoms with Crippen LogP contribution in [0.5, 0.6) is 5.75 Å². The molecule has 82 valence electrons. The predicted molar refractivity (Wildman–Crippen MR) is 71.7 cm³/mol. The van der Waals surface area contributed by atoms with Crippen LogP contribution in [0, 0.1) is 0 Å². The molecule has 16 heavy (non-hydrogen) atoms. The molecule has 1 aliphatic heterocycles. The van der Waals surface area contributed by atoms with E-state index in [0.717, 1.165) is 16.4 Å². The number of para-hydroxylation sites is 1. The van der Waals surface area contributed by atoms with Gasteiger partial charge in [-0.2, -0.15) is 0 Å². The number of hydrogen-bond donors (Lipinski definition) is 2. The van der Waals surface area contributed by atoms with Gasteiger partial charge in [0.2, 0.25) is 0 Å². The monoisotopic (exact) mass is 250 g/mol. The fourth-order valence-electron chi connectivity index (χ4n) is 1.99. The minimum atomic E-state index is -3.07. The minimum absolute atomic E-state index is 0.713. The van der Waals surface area contributed by atoms with Gasteiger partial charge in [-0.3, -0.25) is 0 Å². The van der Waals surface area contributed by atoms with Gasteiger partial charge in [0.15, 0.2) is 0 Å². The quantitative estimate of drug-likeness (QED) is 0.556. The van der Waals surface area contributed by atoms with Gasteiger partial charge < -0.3 is 0 Å². The zero-order chi connectivity index (χ0) is 11.2. The molecule has 0 bridgehead atoms. The van der Waals surface area contributed by atoms with Crippen LogP contribution in [-0.4, -0.2) is 4.89 Å². The van der Waals surface area contributed by atoms with Crippen molar-refractivity contribution < 1.29 is 9.42 Å². The van der Waals surface area contributed by atoms with Crippen LogP contribution in [0.3, 0.4) is 0 Å². The van der Waals surface area contributed by atoms with Crippen molar-refractivity contribution in [2.75, 3.05) is 0 Å². The van der Waals surface area contributed by atoms with Crippen molar-refractivity contribution in [3.05, 3.63) is 48.5 Å². The summed E-state index contributed by atoms with van der Waals surface area (Å²) in [6, 6.07) is 15.4. The Morgan fingerprint density at radius 3 is 2.38 bits per heavy atom. The Bertz CT molecular complexity index is 554. The van der Waals surface area contributed by atoms with Crippen LogP contribution in [0.15, 0.2) is 48.5 Å². The van der Waals surface area contributed by atoms with Gasteiger partial charge in [0.1, 0.15) is 0 Å². The number of rotatable bonds is 0. The molecular weight excluding hydrogens is 239 g/mol. The summed E-state index contributed by atoms with van der Waals surface area (Å²) in [7, 11) is 0. The molecule has 0 fully saturated rings. The second-order valence-corrected chi connectivity index (χ2v) is 7.53. The molecule has 2 aromatic carbocycles. The van der Waals surface area contributed by atoms with Crippen molar-refractivity contribution in [1.82, 2.24) is 0 Å². The summed E-state index contributed by atoms with van der Waals surface area (Å²) in [5.41, 5.74) is 2.04. The third-order valence-corrected chi connectivity index (χ3v) is 5.35. The van der Waals surface area contributed by atoms with Crippen molar-refractivity contribution >= 4 is 24.5 Å². The van der Waals surface area contributed by atoms with Crippen LogP contribution in [-0.2, 0) is 0 Å². The molecule has 1 aliphatic rings. The van der Waals surface area contributed by atoms with Gasteiger partial charge in [0.25, 0.3) is 0 Å².